The monoisotopic (exact) mass is 403 g/mol. The van der Waals surface area contributed by atoms with E-state index in [1.807, 2.05) is 12.1 Å². The van der Waals surface area contributed by atoms with E-state index in [0.717, 1.165) is 40.5 Å². The first-order valence-electron chi connectivity index (χ1n) is 11.0. The van der Waals surface area contributed by atoms with Gasteiger partial charge in [0.1, 0.15) is 5.75 Å². The van der Waals surface area contributed by atoms with Crippen LogP contribution in [0, 0.1) is 23.7 Å². The molecule has 2 aromatic rings. The number of nitrogens with one attached hydrogen (secondary N) is 1. The Kier molecular flexibility index (Phi) is 5.11. The van der Waals surface area contributed by atoms with Crippen molar-refractivity contribution >= 4 is 12.0 Å². The molecule has 30 heavy (non-hydrogen) atoms. The third kappa shape index (κ3) is 3.54. The molecule has 156 valence electrons. The smallest absolute Gasteiger partial charge is 0.267 e. The molecule has 4 heteroatoms. The number of methoxy groups -OCH3 is 1. The van der Waals surface area contributed by atoms with Crippen LogP contribution < -0.4 is 10.2 Å². The van der Waals surface area contributed by atoms with Crippen LogP contribution in [-0.2, 0) is 4.79 Å². The van der Waals surface area contributed by atoms with Gasteiger partial charge >= 0.3 is 0 Å². The number of hydrogen-bond donors (Lipinski definition) is 2. The third-order valence-corrected chi connectivity index (χ3v) is 7.60. The number of hydrogen-bond acceptors (Lipinski definition) is 3. The number of carbonyl (C=O) groups is 1. The minimum absolute atomic E-state index is 0.533. The van der Waals surface area contributed by atoms with Crippen molar-refractivity contribution in [3.63, 3.8) is 0 Å². The summed E-state index contributed by atoms with van der Waals surface area (Å²) in [4.78, 5) is 11.2. The summed E-state index contributed by atoms with van der Waals surface area (Å²) in [5.74, 6) is 4.69. The average molecular weight is 404 g/mol. The lowest BCUT2D eigenvalue weighted by Gasteiger charge is -2.54. The molecular weight excluding hydrogens is 374 g/mol. The van der Waals surface area contributed by atoms with Gasteiger partial charge in [0.15, 0.2) is 0 Å². The average Bonchev–Trinajstić information content (AvgIpc) is 2.77. The zero-order valence-corrected chi connectivity index (χ0v) is 17.4. The van der Waals surface area contributed by atoms with E-state index in [2.05, 4.69) is 30.3 Å². The maximum atomic E-state index is 11.2. The highest BCUT2D eigenvalue weighted by molar-refractivity contribution is 5.90. The first kappa shape index (κ1) is 19.4. The van der Waals surface area contributed by atoms with Crippen molar-refractivity contribution in [3.05, 3.63) is 59.7 Å². The largest absolute Gasteiger partial charge is 0.496 e. The van der Waals surface area contributed by atoms with Crippen molar-refractivity contribution in [1.82, 2.24) is 5.48 Å². The van der Waals surface area contributed by atoms with Crippen LogP contribution in [0.1, 0.15) is 49.1 Å². The molecule has 2 N–H and O–H groups in total. The highest BCUT2D eigenvalue weighted by Gasteiger charge is 2.49. The molecule has 4 aliphatic carbocycles. The van der Waals surface area contributed by atoms with E-state index in [0.29, 0.717) is 5.92 Å². The predicted molar refractivity (Wildman–Crippen MR) is 117 cm³/mol. The highest BCUT2D eigenvalue weighted by Crippen LogP contribution is 2.60. The standard InChI is InChI=1S/C26H29NO3/c1-30-24-8-7-20(19-5-2-16(3-6-19)4-9-25(28)27-29)15-23(24)26-21-11-17-10-18(13-21)14-22(26)12-17/h2-9,15,17-18,21-22,26,29H,10-14H2,1H3,(H,27,28)/b9-4+. The van der Waals surface area contributed by atoms with E-state index in [-0.39, 0.29) is 0 Å². The molecule has 4 fully saturated rings. The first-order chi connectivity index (χ1) is 14.6. The molecule has 1 amide bonds. The summed E-state index contributed by atoms with van der Waals surface area (Å²) in [6, 6.07) is 14.8. The van der Waals surface area contributed by atoms with Gasteiger partial charge in [-0.2, -0.15) is 0 Å². The van der Waals surface area contributed by atoms with Gasteiger partial charge in [0.05, 0.1) is 7.11 Å². The molecule has 0 spiro atoms. The predicted octanol–water partition coefficient (Wildman–Crippen LogP) is 5.42. The van der Waals surface area contributed by atoms with E-state index >= 15 is 0 Å². The molecule has 0 unspecified atom stereocenters. The molecule has 0 atom stereocenters. The quantitative estimate of drug-likeness (QED) is 0.398. The molecule has 4 saturated carbocycles. The zero-order chi connectivity index (χ0) is 20.7. The van der Waals surface area contributed by atoms with E-state index < -0.39 is 5.91 Å². The summed E-state index contributed by atoms with van der Waals surface area (Å²) in [6.45, 7) is 0. The second-order valence-corrected chi connectivity index (χ2v) is 9.34. The van der Waals surface area contributed by atoms with Gasteiger partial charge in [-0.15, -0.1) is 0 Å². The van der Waals surface area contributed by atoms with Gasteiger partial charge in [0.25, 0.3) is 5.91 Å². The fourth-order valence-electron chi connectivity index (χ4n) is 6.60. The van der Waals surface area contributed by atoms with Crippen molar-refractivity contribution in [2.75, 3.05) is 7.11 Å². The molecule has 0 heterocycles. The topological polar surface area (TPSA) is 58.6 Å². The van der Waals surface area contributed by atoms with Crippen LogP contribution in [0.15, 0.2) is 48.5 Å². The normalized spacial score (nSPS) is 29.3. The van der Waals surface area contributed by atoms with E-state index in [1.165, 1.54) is 49.3 Å². The van der Waals surface area contributed by atoms with Crippen LogP contribution >= 0.6 is 0 Å². The summed E-state index contributed by atoms with van der Waals surface area (Å²) in [5, 5.41) is 8.60. The van der Waals surface area contributed by atoms with Crippen molar-refractivity contribution < 1.29 is 14.7 Å². The Morgan fingerprint density at radius 3 is 2.20 bits per heavy atom. The number of benzene rings is 2. The van der Waals surface area contributed by atoms with Crippen LogP contribution in [-0.4, -0.2) is 18.2 Å². The molecule has 4 nitrogen and oxygen atoms in total. The van der Waals surface area contributed by atoms with E-state index in [4.69, 9.17) is 9.94 Å². The number of rotatable bonds is 5. The minimum atomic E-state index is -0.533. The Bertz CT molecular complexity index is 935. The van der Waals surface area contributed by atoms with Crippen molar-refractivity contribution in [2.45, 2.75) is 38.0 Å². The van der Waals surface area contributed by atoms with Crippen LogP contribution in [0.2, 0.25) is 0 Å². The molecule has 0 radical (unpaired) electrons. The molecule has 4 aliphatic rings. The van der Waals surface area contributed by atoms with E-state index in [9.17, 15) is 4.79 Å². The van der Waals surface area contributed by atoms with Gasteiger partial charge < -0.3 is 4.74 Å². The first-order valence-corrected chi connectivity index (χ1v) is 11.0. The molecule has 0 saturated heterocycles. The number of amides is 1. The van der Waals surface area contributed by atoms with Gasteiger partial charge in [-0.25, -0.2) is 5.48 Å². The Labute approximate surface area is 177 Å². The maximum absolute atomic E-state index is 11.2. The van der Waals surface area contributed by atoms with Gasteiger partial charge in [-0.1, -0.05) is 30.3 Å². The fourth-order valence-corrected chi connectivity index (χ4v) is 6.60. The van der Waals surface area contributed by atoms with Gasteiger partial charge in [-0.3, -0.25) is 10.0 Å². The van der Waals surface area contributed by atoms with Crippen LogP contribution in [0.25, 0.3) is 17.2 Å². The lowest BCUT2D eigenvalue weighted by atomic mass is 9.50. The van der Waals surface area contributed by atoms with Crippen LogP contribution in [0.4, 0.5) is 0 Å². The molecule has 2 aromatic carbocycles. The highest BCUT2D eigenvalue weighted by atomic mass is 16.5. The summed E-state index contributed by atoms with van der Waals surface area (Å²) < 4.78 is 5.81. The molecule has 4 bridgehead atoms. The Balaban J connectivity index is 1.44. The SMILES string of the molecule is COc1ccc(-c2ccc(/C=C/C(=O)NO)cc2)cc1C1C2CC3CC(C2)CC1C3. The lowest BCUT2D eigenvalue weighted by Crippen LogP contribution is -2.43. The summed E-state index contributed by atoms with van der Waals surface area (Å²) in [6.07, 6.45) is 10.1. The summed E-state index contributed by atoms with van der Waals surface area (Å²) >= 11 is 0. The number of hydroxylamine groups is 1. The number of ether oxygens (including phenoxy) is 1. The zero-order valence-electron chi connectivity index (χ0n) is 17.4. The van der Waals surface area contributed by atoms with E-state index in [1.54, 1.807) is 18.7 Å². The molecule has 0 aromatic heterocycles. The summed E-state index contributed by atoms with van der Waals surface area (Å²) in [7, 11) is 1.79. The lowest BCUT2D eigenvalue weighted by molar-refractivity contribution is -0.124. The molecule has 0 aliphatic heterocycles. The second-order valence-electron chi connectivity index (χ2n) is 9.34. The van der Waals surface area contributed by atoms with Gasteiger partial charge in [0, 0.05) is 6.08 Å². The van der Waals surface area contributed by atoms with Crippen LogP contribution in [0.5, 0.6) is 5.75 Å². The summed E-state index contributed by atoms with van der Waals surface area (Å²) in [5.41, 5.74) is 6.28. The third-order valence-electron chi connectivity index (χ3n) is 7.60. The Morgan fingerprint density at radius 1 is 0.967 bits per heavy atom. The van der Waals surface area contributed by atoms with Crippen molar-refractivity contribution in [2.24, 2.45) is 23.7 Å². The Morgan fingerprint density at radius 2 is 1.60 bits per heavy atom. The van der Waals surface area contributed by atoms with Crippen LogP contribution in [0.3, 0.4) is 0 Å². The van der Waals surface area contributed by atoms with Crippen molar-refractivity contribution in [1.29, 1.82) is 0 Å². The minimum Gasteiger partial charge on any atom is -0.496 e. The fraction of sp³-hybridized carbons (Fsp3) is 0.423. The second kappa shape index (κ2) is 7.92. The maximum Gasteiger partial charge on any atom is 0.267 e. The Hall–Kier alpha value is -2.59. The van der Waals surface area contributed by atoms with Gasteiger partial charge in [0.2, 0.25) is 0 Å². The molecule has 6 rings (SSSR count). The number of carbonyl (C=O) groups excluding carboxylic acids is 1. The van der Waals surface area contributed by atoms with Gasteiger partial charge in [-0.05, 0) is 102 Å². The van der Waals surface area contributed by atoms with Crippen molar-refractivity contribution in [3.8, 4) is 16.9 Å². The molecular formula is C26H29NO3.